The van der Waals surface area contributed by atoms with E-state index in [-0.39, 0.29) is 6.10 Å². The zero-order chi connectivity index (χ0) is 21.6. The summed E-state index contributed by atoms with van der Waals surface area (Å²) in [6.07, 6.45) is 3.62. The molecule has 2 N–H and O–H groups in total. The fourth-order valence-corrected chi connectivity index (χ4v) is 3.75. The molecule has 0 bridgehead atoms. The molecular formula is C23H32N2O4S. The lowest BCUT2D eigenvalue weighted by atomic mass is 10.1. The Labute approximate surface area is 180 Å². The Balaban J connectivity index is 1.47. The van der Waals surface area contributed by atoms with Gasteiger partial charge in [0.2, 0.25) is 10.0 Å². The van der Waals surface area contributed by atoms with E-state index in [0.717, 1.165) is 36.4 Å². The third-order valence-corrected chi connectivity index (χ3v) is 7.19. The van der Waals surface area contributed by atoms with Crippen LogP contribution in [-0.2, 0) is 21.3 Å². The van der Waals surface area contributed by atoms with Crippen LogP contribution in [0.5, 0.6) is 5.75 Å². The number of sulfonamides is 1. The van der Waals surface area contributed by atoms with Gasteiger partial charge in [0.25, 0.3) is 0 Å². The summed E-state index contributed by atoms with van der Waals surface area (Å²) in [6.45, 7) is 7.09. The third-order valence-electron chi connectivity index (χ3n) is 5.07. The molecule has 1 heterocycles. The van der Waals surface area contributed by atoms with Crippen molar-refractivity contribution in [2.45, 2.75) is 57.4 Å². The minimum Gasteiger partial charge on any atom is -0.491 e. The van der Waals surface area contributed by atoms with Crippen LogP contribution in [0.4, 0.5) is 11.4 Å². The average molecular weight is 433 g/mol. The highest BCUT2D eigenvalue weighted by Gasteiger charge is 2.28. The predicted octanol–water partition coefficient (Wildman–Crippen LogP) is 4.79. The molecule has 30 heavy (non-hydrogen) atoms. The standard InChI is InChI=1S/C23H32N2O4S/c1-23(2,3)30(26,27)25-20-9-7-18(8-10-20)16-24-19-11-13-21(14-12-19)29-17-22-6-4-5-15-28-22/h7-14,22,24-25H,4-6,15-17H2,1-3H3. The van der Waals surface area contributed by atoms with Crippen molar-refractivity contribution >= 4 is 21.4 Å². The van der Waals surface area contributed by atoms with E-state index in [1.807, 2.05) is 36.4 Å². The highest BCUT2D eigenvalue weighted by atomic mass is 32.2. The minimum absolute atomic E-state index is 0.201. The zero-order valence-corrected chi connectivity index (χ0v) is 18.8. The van der Waals surface area contributed by atoms with Gasteiger partial charge in [-0.05, 0) is 82.0 Å². The quantitative estimate of drug-likeness (QED) is 0.627. The maximum Gasteiger partial charge on any atom is 0.237 e. The maximum absolute atomic E-state index is 12.2. The summed E-state index contributed by atoms with van der Waals surface area (Å²) in [4.78, 5) is 0. The van der Waals surface area contributed by atoms with E-state index < -0.39 is 14.8 Å². The van der Waals surface area contributed by atoms with Gasteiger partial charge in [-0.25, -0.2) is 8.42 Å². The highest BCUT2D eigenvalue weighted by molar-refractivity contribution is 7.94. The SMILES string of the molecule is CC(C)(C)S(=O)(=O)Nc1ccc(CNc2ccc(OCC3CCCCO3)cc2)cc1. The van der Waals surface area contributed by atoms with Gasteiger partial charge in [-0.3, -0.25) is 4.72 Å². The summed E-state index contributed by atoms with van der Waals surface area (Å²) in [5.74, 6) is 0.838. The number of benzene rings is 2. The number of rotatable bonds is 8. The molecule has 2 aromatic carbocycles. The van der Waals surface area contributed by atoms with Crippen LogP contribution < -0.4 is 14.8 Å². The van der Waals surface area contributed by atoms with Crippen molar-refractivity contribution in [3.63, 3.8) is 0 Å². The van der Waals surface area contributed by atoms with E-state index >= 15 is 0 Å². The Morgan fingerprint density at radius 1 is 1.00 bits per heavy atom. The molecule has 1 aliphatic heterocycles. The van der Waals surface area contributed by atoms with Gasteiger partial charge in [-0.15, -0.1) is 0 Å². The Bertz CT molecular complexity index is 898. The lowest BCUT2D eigenvalue weighted by Crippen LogP contribution is -2.33. The molecule has 164 valence electrons. The Morgan fingerprint density at radius 2 is 1.67 bits per heavy atom. The number of anilines is 2. The van der Waals surface area contributed by atoms with Crippen LogP contribution in [0.15, 0.2) is 48.5 Å². The summed E-state index contributed by atoms with van der Waals surface area (Å²) in [5.41, 5.74) is 2.62. The molecule has 0 radical (unpaired) electrons. The van der Waals surface area contributed by atoms with Crippen LogP contribution in [0.25, 0.3) is 0 Å². The fourth-order valence-electron chi connectivity index (χ4n) is 3.00. The molecule has 7 heteroatoms. The molecule has 1 saturated heterocycles. The molecule has 6 nitrogen and oxygen atoms in total. The molecule has 0 amide bonds. The first-order chi connectivity index (χ1) is 14.2. The van der Waals surface area contributed by atoms with Crippen molar-refractivity contribution in [3.8, 4) is 5.75 Å². The molecule has 0 saturated carbocycles. The maximum atomic E-state index is 12.2. The number of ether oxygens (including phenoxy) is 2. The van der Waals surface area contributed by atoms with Gasteiger partial charge in [-0.1, -0.05) is 12.1 Å². The summed E-state index contributed by atoms with van der Waals surface area (Å²) in [5, 5.41) is 3.37. The van der Waals surface area contributed by atoms with Crippen LogP contribution in [0, 0.1) is 0 Å². The summed E-state index contributed by atoms with van der Waals surface area (Å²) < 4.78 is 37.8. The third kappa shape index (κ3) is 6.37. The predicted molar refractivity (Wildman–Crippen MR) is 122 cm³/mol. The van der Waals surface area contributed by atoms with Crippen LogP contribution in [0.3, 0.4) is 0 Å². The van der Waals surface area contributed by atoms with Crippen molar-refractivity contribution in [2.24, 2.45) is 0 Å². The van der Waals surface area contributed by atoms with Crippen LogP contribution in [0.2, 0.25) is 0 Å². The van der Waals surface area contributed by atoms with E-state index in [4.69, 9.17) is 9.47 Å². The smallest absolute Gasteiger partial charge is 0.237 e. The van der Waals surface area contributed by atoms with E-state index in [9.17, 15) is 8.42 Å². The van der Waals surface area contributed by atoms with E-state index in [1.54, 1.807) is 32.9 Å². The van der Waals surface area contributed by atoms with Crippen LogP contribution in [-0.4, -0.2) is 32.5 Å². The van der Waals surface area contributed by atoms with Crippen LogP contribution >= 0.6 is 0 Å². The van der Waals surface area contributed by atoms with Crippen LogP contribution in [0.1, 0.15) is 45.6 Å². The second-order valence-electron chi connectivity index (χ2n) is 8.59. The van der Waals surface area contributed by atoms with Gasteiger partial charge in [0.1, 0.15) is 12.4 Å². The highest BCUT2D eigenvalue weighted by Crippen LogP contribution is 2.21. The van der Waals surface area contributed by atoms with Gasteiger partial charge in [0.15, 0.2) is 0 Å². The van der Waals surface area contributed by atoms with E-state index in [2.05, 4.69) is 10.0 Å². The molecule has 2 aromatic rings. The molecule has 1 aliphatic rings. The first kappa shape index (κ1) is 22.4. The van der Waals surface area contributed by atoms with Crippen molar-refractivity contribution in [2.75, 3.05) is 23.3 Å². The molecule has 0 spiro atoms. The second kappa shape index (κ2) is 9.71. The van der Waals surface area contributed by atoms with Crippen molar-refractivity contribution < 1.29 is 17.9 Å². The van der Waals surface area contributed by atoms with Gasteiger partial charge >= 0.3 is 0 Å². The van der Waals surface area contributed by atoms with E-state index in [1.165, 1.54) is 6.42 Å². The first-order valence-corrected chi connectivity index (χ1v) is 11.9. The lowest BCUT2D eigenvalue weighted by Gasteiger charge is -2.22. The summed E-state index contributed by atoms with van der Waals surface area (Å²) >= 11 is 0. The molecule has 1 unspecified atom stereocenters. The average Bonchev–Trinajstić information content (AvgIpc) is 2.72. The minimum atomic E-state index is -3.42. The largest absolute Gasteiger partial charge is 0.491 e. The number of hydrogen-bond acceptors (Lipinski definition) is 5. The number of nitrogens with one attached hydrogen (secondary N) is 2. The summed E-state index contributed by atoms with van der Waals surface area (Å²) in [6, 6.07) is 15.3. The van der Waals surface area contributed by atoms with Gasteiger partial charge in [-0.2, -0.15) is 0 Å². The van der Waals surface area contributed by atoms with Crippen molar-refractivity contribution in [1.82, 2.24) is 0 Å². The molecule has 0 aromatic heterocycles. The summed E-state index contributed by atoms with van der Waals surface area (Å²) in [7, 11) is -3.42. The van der Waals surface area contributed by atoms with Gasteiger partial charge in [0, 0.05) is 24.5 Å². The molecule has 0 aliphatic carbocycles. The second-order valence-corrected chi connectivity index (χ2v) is 11.0. The molecule has 3 rings (SSSR count). The Kier molecular flexibility index (Phi) is 7.26. The van der Waals surface area contributed by atoms with Crippen molar-refractivity contribution in [1.29, 1.82) is 0 Å². The normalized spacial score (nSPS) is 17.4. The molecule has 1 atom stereocenters. The van der Waals surface area contributed by atoms with Gasteiger partial charge in [0.05, 0.1) is 10.9 Å². The lowest BCUT2D eigenvalue weighted by molar-refractivity contribution is -0.0110. The van der Waals surface area contributed by atoms with E-state index in [0.29, 0.717) is 18.8 Å². The van der Waals surface area contributed by atoms with Gasteiger partial charge < -0.3 is 14.8 Å². The van der Waals surface area contributed by atoms with Crippen molar-refractivity contribution in [3.05, 3.63) is 54.1 Å². The molecular weight excluding hydrogens is 400 g/mol. The topological polar surface area (TPSA) is 76.7 Å². The molecule has 1 fully saturated rings. The Hall–Kier alpha value is -2.25. The zero-order valence-electron chi connectivity index (χ0n) is 18.0. The number of hydrogen-bond donors (Lipinski definition) is 2. The Morgan fingerprint density at radius 3 is 2.27 bits per heavy atom. The fraction of sp³-hybridized carbons (Fsp3) is 0.478. The first-order valence-electron chi connectivity index (χ1n) is 10.4. The monoisotopic (exact) mass is 432 g/mol.